The van der Waals surface area contributed by atoms with E-state index in [0.717, 1.165) is 31.0 Å². The van der Waals surface area contributed by atoms with Crippen LogP contribution in [0.2, 0.25) is 0 Å². The lowest BCUT2D eigenvalue weighted by atomic mass is 10.0. The van der Waals surface area contributed by atoms with Gasteiger partial charge in [-0.3, -0.25) is 29.4 Å². The number of hydrogen-bond acceptors (Lipinski definition) is 10. The van der Waals surface area contributed by atoms with Crippen LogP contribution in [-0.4, -0.2) is 107 Å². The average Bonchev–Trinajstić information content (AvgIpc) is 3.14. The van der Waals surface area contributed by atoms with Crippen molar-refractivity contribution in [2.75, 3.05) is 65.9 Å². The van der Waals surface area contributed by atoms with Crippen LogP contribution in [0.3, 0.4) is 0 Å². The van der Waals surface area contributed by atoms with E-state index in [1.165, 1.54) is 12.1 Å². The Morgan fingerprint density at radius 3 is 2.30 bits per heavy atom. The van der Waals surface area contributed by atoms with Crippen LogP contribution in [-0.2, 0) is 28.5 Å². The Labute approximate surface area is 214 Å². The minimum atomic E-state index is -0.995. The third-order valence-corrected chi connectivity index (χ3v) is 6.24. The highest BCUT2D eigenvalue weighted by molar-refractivity contribution is 6.23. The van der Waals surface area contributed by atoms with Gasteiger partial charge >= 0.3 is 0 Å². The van der Waals surface area contributed by atoms with Gasteiger partial charge < -0.3 is 29.0 Å². The van der Waals surface area contributed by atoms with Gasteiger partial charge in [0.1, 0.15) is 18.4 Å². The highest BCUT2D eigenvalue weighted by atomic mass is 16.6. The number of carbonyl (C=O) groups excluding carboxylic acids is 4. The Morgan fingerprint density at radius 1 is 0.892 bits per heavy atom. The molecule has 12 nitrogen and oxygen atoms in total. The molecule has 2 unspecified atom stereocenters. The summed E-state index contributed by atoms with van der Waals surface area (Å²) in [5.74, 6) is -1.76. The molecule has 0 aromatic heterocycles. The van der Waals surface area contributed by atoms with Crippen molar-refractivity contribution in [2.24, 2.45) is 0 Å². The highest BCUT2D eigenvalue weighted by Gasteiger charge is 2.44. The van der Waals surface area contributed by atoms with Crippen molar-refractivity contribution in [3.8, 4) is 5.75 Å². The van der Waals surface area contributed by atoms with Crippen molar-refractivity contribution < 1.29 is 42.9 Å². The van der Waals surface area contributed by atoms with E-state index in [-0.39, 0.29) is 36.7 Å². The topological polar surface area (TPSA) is 142 Å². The monoisotopic (exact) mass is 519 g/mol. The van der Waals surface area contributed by atoms with E-state index in [1.54, 1.807) is 6.07 Å². The van der Waals surface area contributed by atoms with Crippen molar-refractivity contribution in [2.45, 2.75) is 31.4 Å². The standard InChI is InChI=1S/C25H33N3O9/c29-22-4-3-21(23(30)27-22)28-24(31)19-2-1-17(15-20(19)25(28)32)37-14-13-35-12-11-34-10-9-33-7-5-18-16-26-6-8-36-18/h1-2,15,18,21,26H,3-14,16H2,(H,27,29,30). The lowest BCUT2D eigenvalue weighted by molar-refractivity contribution is -0.136. The summed E-state index contributed by atoms with van der Waals surface area (Å²) >= 11 is 0. The molecule has 4 amide bonds. The number of fused-ring (bicyclic) bond motifs is 1. The second kappa shape index (κ2) is 13.6. The lowest BCUT2D eigenvalue weighted by Gasteiger charge is -2.27. The summed E-state index contributed by atoms with van der Waals surface area (Å²) in [7, 11) is 0. The second-order valence-electron chi connectivity index (χ2n) is 8.83. The van der Waals surface area contributed by atoms with Gasteiger partial charge in [0, 0.05) is 26.1 Å². The summed E-state index contributed by atoms with van der Waals surface area (Å²) in [5, 5.41) is 5.46. The van der Waals surface area contributed by atoms with Gasteiger partial charge in [-0.15, -0.1) is 0 Å². The molecule has 12 heteroatoms. The van der Waals surface area contributed by atoms with Crippen molar-refractivity contribution in [1.82, 2.24) is 15.5 Å². The number of rotatable bonds is 14. The number of nitrogens with zero attached hydrogens (tertiary/aromatic N) is 1. The van der Waals surface area contributed by atoms with E-state index >= 15 is 0 Å². The zero-order chi connectivity index (χ0) is 26.0. The zero-order valence-corrected chi connectivity index (χ0v) is 20.7. The van der Waals surface area contributed by atoms with Crippen LogP contribution in [0.1, 0.15) is 40.0 Å². The minimum Gasteiger partial charge on any atom is -0.491 e. The molecular weight excluding hydrogens is 486 g/mol. The summed E-state index contributed by atoms with van der Waals surface area (Å²) < 4.78 is 27.8. The predicted molar refractivity (Wildman–Crippen MR) is 128 cm³/mol. The fraction of sp³-hybridized carbons (Fsp3) is 0.600. The van der Waals surface area contributed by atoms with Gasteiger partial charge in [-0.25, -0.2) is 0 Å². The molecule has 37 heavy (non-hydrogen) atoms. The molecule has 0 spiro atoms. The first-order valence-electron chi connectivity index (χ1n) is 12.6. The SMILES string of the molecule is O=C1CCC(N2C(=O)c3ccc(OCCOCCOCCOCCC4CNCCO4)cc3C2=O)C(=O)N1. The number of ether oxygens (including phenoxy) is 5. The Hall–Kier alpha value is -2.90. The van der Waals surface area contributed by atoms with Gasteiger partial charge in [-0.05, 0) is 31.0 Å². The summed E-state index contributed by atoms with van der Waals surface area (Å²) in [6, 6.07) is 3.59. The van der Waals surface area contributed by atoms with Crippen LogP contribution < -0.4 is 15.4 Å². The Morgan fingerprint density at radius 2 is 1.59 bits per heavy atom. The van der Waals surface area contributed by atoms with Gasteiger partial charge in [0.2, 0.25) is 11.8 Å². The Bertz CT molecular complexity index is 980. The van der Waals surface area contributed by atoms with E-state index in [9.17, 15) is 19.2 Å². The number of hydrogen-bond donors (Lipinski definition) is 2. The number of amides is 4. The lowest BCUT2D eigenvalue weighted by Crippen LogP contribution is -2.54. The van der Waals surface area contributed by atoms with Gasteiger partial charge in [0.05, 0.1) is 56.9 Å². The fourth-order valence-corrected chi connectivity index (χ4v) is 4.32. The molecule has 2 saturated heterocycles. The van der Waals surface area contributed by atoms with E-state index < -0.39 is 29.7 Å². The van der Waals surface area contributed by atoms with E-state index in [0.29, 0.717) is 45.4 Å². The number of nitrogens with one attached hydrogen (secondary N) is 2. The highest BCUT2D eigenvalue weighted by Crippen LogP contribution is 2.30. The molecule has 0 radical (unpaired) electrons. The fourth-order valence-electron chi connectivity index (χ4n) is 4.32. The second-order valence-corrected chi connectivity index (χ2v) is 8.83. The summed E-state index contributed by atoms with van der Waals surface area (Å²) in [4.78, 5) is 50.0. The van der Waals surface area contributed by atoms with Crippen LogP contribution in [0.5, 0.6) is 5.75 Å². The molecule has 1 aromatic rings. The molecule has 0 bridgehead atoms. The molecule has 2 N–H and O–H groups in total. The van der Waals surface area contributed by atoms with E-state index in [2.05, 4.69) is 10.6 Å². The number of benzene rings is 1. The number of carbonyl (C=O) groups is 4. The van der Waals surface area contributed by atoms with Crippen LogP contribution in [0.15, 0.2) is 18.2 Å². The molecule has 202 valence electrons. The maximum atomic E-state index is 12.8. The quantitative estimate of drug-likeness (QED) is 0.253. The van der Waals surface area contributed by atoms with Crippen molar-refractivity contribution in [3.63, 3.8) is 0 Å². The molecule has 3 aliphatic rings. The first-order valence-corrected chi connectivity index (χ1v) is 12.6. The molecule has 2 atom stereocenters. The van der Waals surface area contributed by atoms with Crippen molar-refractivity contribution >= 4 is 23.6 Å². The van der Waals surface area contributed by atoms with Crippen molar-refractivity contribution in [3.05, 3.63) is 29.3 Å². The normalized spacial score (nSPS) is 21.8. The largest absolute Gasteiger partial charge is 0.491 e. The zero-order valence-electron chi connectivity index (χ0n) is 20.7. The Kier molecular flexibility index (Phi) is 9.97. The Balaban J connectivity index is 1.07. The molecule has 3 heterocycles. The van der Waals surface area contributed by atoms with Crippen molar-refractivity contribution in [1.29, 1.82) is 0 Å². The third kappa shape index (κ3) is 7.33. The molecule has 2 fully saturated rings. The first kappa shape index (κ1) is 27.1. The number of morpholine rings is 1. The average molecular weight is 520 g/mol. The predicted octanol–water partition coefficient (Wildman–Crippen LogP) is -0.105. The molecule has 0 saturated carbocycles. The van der Waals surface area contributed by atoms with Gasteiger partial charge in [-0.2, -0.15) is 0 Å². The van der Waals surface area contributed by atoms with E-state index in [1.807, 2.05) is 0 Å². The van der Waals surface area contributed by atoms with Crippen LogP contribution >= 0.6 is 0 Å². The maximum absolute atomic E-state index is 12.8. The molecule has 4 rings (SSSR count). The maximum Gasteiger partial charge on any atom is 0.262 e. The number of imide groups is 2. The van der Waals surface area contributed by atoms with Crippen LogP contribution in [0.4, 0.5) is 0 Å². The number of piperidine rings is 1. The van der Waals surface area contributed by atoms with Gasteiger partial charge in [0.15, 0.2) is 0 Å². The summed E-state index contributed by atoms with van der Waals surface area (Å²) in [6.45, 7) is 5.58. The molecule has 0 aliphatic carbocycles. The summed E-state index contributed by atoms with van der Waals surface area (Å²) in [5.41, 5.74) is 0.380. The molecule has 3 aliphatic heterocycles. The van der Waals surface area contributed by atoms with Gasteiger partial charge in [0.25, 0.3) is 11.8 Å². The smallest absolute Gasteiger partial charge is 0.262 e. The summed E-state index contributed by atoms with van der Waals surface area (Å²) in [6.07, 6.45) is 1.27. The first-order chi connectivity index (χ1) is 18.0. The van der Waals surface area contributed by atoms with Crippen LogP contribution in [0.25, 0.3) is 0 Å². The van der Waals surface area contributed by atoms with E-state index in [4.69, 9.17) is 23.7 Å². The minimum absolute atomic E-state index is 0.0747. The molecular formula is C25H33N3O9. The molecule has 1 aromatic carbocycles. The third-order valence-electron chi connectivity index (χ3n) is 6.24. The van der Waals surface area contributed by atoms with Crippen LogP contribution in [0, 0.1) is 0 Å². The van der Waals surface area contributed by atoms with Gasteiger partial charge in [-0.1, -0.05) is 0 Å².